The highest BCUT2D eigenvalue weighted by Crippen LogP contribution is 2.51. The van der Waals surface area contributed by atoms with Crippen molar-refractivity contribution >= 4 is 43.5 Å². The Labute approximate surface area is 301 Å². The van der Waals surface area contributed by atoms with Crippen molar-refractivity contribution in [3.63, 3.8) is 0 Å². The van der Waals surface area contributed by atoms with Crippen LogP contribution >= 0.6 is 0 Å². The zero-order valence-electron chi connectivity index (χ0n) is 29.1. The Morgan fingerprint density at radius 1 is 0.686 bits per heavy atom. The van der Waals surface area contributed by atoms with Gasteiger partial charge in [0.1, 0.15) is 0 Å². The van der Waals surface area contributed by atoms with E-state index in [1.807, 2.05) is 6.08 Å². The number of allylic oxidation sites excluding steroid dienone is 9. The summed E-state index contributed by atoms with van der Waals surface area (Å²) < 4.78 is 0. The van der Waals surface area contributed by atoms with Crippen LogP contribution in [0.25, 0.3) is 65.7 Å². The summed E-state index contributed by atoms with van der Waals surface area (Å²) >= 11 is 0. The maximum absolute atomic E-state index is 4.19. The molecule has 0 heterocycles. The van der Waals surface area contributed by atoms with Crippen molar-refractivity contribution in [2.75, 3.05) is 0 Å². The SMILES string of the molecule is C=C/C(=C\C=C/C)c1cccc(CC2c3ccc(-c4c5ccccc5c(-c5cccc6ccccc56)c5ccccc45)cc32)c1C1=CC=CCC1. The summed E-state index contributed by atoms with van der Waals surface area (Å²) in [6.45, 7) is 6.26. The van der Waals surface area contributed by atoms with E-state index in [0.29, 0.717) is 5.92 Å². The molecule has 0 saturated carbocycles. The average Bonchev–Trinajstić information content (AvgIpc) is 3.88. The van der Waals surface area contributed by atoms with E-state index in [0.717, 1.165) is 19.3 Å². The molecular formula is C51H40. The minimum atomic E-state index is 0.423. The normalized spacial score (nSPS) is 15.4. The van der Waals surface area contributed by atoms with Gasteiger partial charge in [-0.2, -0.15) is 0 Å². The largest absolute Gasteiger partial charge is 0.0984 e. The zero-order valence-corrected chi connectivity index (χ0v) is 29.1. The maximum atomic E-state index is 4.19. The molecule has 0 nitrogen and oxygen atoms in total. The van der Waals surface area contributed by atoms with E-state index in [4.69, 9.17) is 0 Å². The van der Waals surface area contributed by atoms with Crippen LogP contribution in [0, 0.1) is 0 Å². The van der Waals surface area contributed by atoms with Crippen molar-refractivity contribution in [2.24, 2.45) is 0 Å². The summed E-state index contributed by atoms with van der Waals surface area (Å²) in [5.41, 5.74) is 14.8. The molecule has 1 unspecified atom stereocenters. The molecule has 7 aromatic carbocycles. The van der Waals surface area contributed by atoms with Crippen LogP contribution in [-0.2, 0) is 6.42 Å². The lowest BCUT2D eigenvalue weighted by molar-refractivity contribution is 0.937. The third kappa shape index (κ3) is 5.40. The molecule has 0 heteroatoms. The van der Waals surface area contributed by atoms with Crippen molar-refractivity contribution in [3.05, 3.63) is 204 Å². The van der Waals surface area contributed by atoms with Gasteiger partial charge in [-0.15, -0.1) is 0 Å². The number of hydrogen-bond acceptors (Lipinski definition) is 0. The molecule has 0 aliphatic heterocycles. The van der Waals surface area contributed by atoms with E-state index in [1.165, 1.54) is 93.5 Å². The molecular weight excluding hydrogens is 613 g/mol. The van der Waals surface area contributed by atoms with Gasteiger partial charge >= 0.3 is 0 Å². The monoisotopic (exact) mass is 652 g/mol. The summed E-state index contributed by atoms with van der Waals surface area (Å²) in [5.74, 6) is 0.423. The van der Waals surface area contributed by atoms with Gasteiger partial charge in [-0.25, -0.2) is 0 Å². The Morgan fingerprint density at radius 3 is 2.08 bits per heavy atom. The van der Waals surface area contributed by atoms with Gasteiger partial charge in [-0.1, -0.05) is 177 Å². The highest BCUT2D eigenvalue weighted by Gasteiger charge is 2.34. The van der Waals surface area contributed by atoms with Crippen LogP contribution in [0.15, 0.2) is 177 Å². The molecule has 0 fully saturated rings. The lowest BCUT2D eigenvalue weighted by Gasteiger charge is -2.20. The predicted molar refractivity (Wildman–Crippen MR) is 221 cm³/mol. The zero-order chi connectivity index (χ0) is 34.3. The molecule has 2 aliphatic carbocycles. The molecule has 0 amide bonds. The molecule has 0 radical (unpaired) electrons. The molecule has 51 heavy (non-hydrogen) atoms. The van der Waals surface area contributed by atoms with Crippen LogP contribution < -0.4 is 0 Å². The van der Waals surface area contributed by atoms with Crippen LogP contribution in [0.3, 0.4) is 0 Å². The minimum absolute atomic E-state index is 0.423. The van der Waals surface area contributed by atoms with E-state index in [2.05, 4.69) is 177 Å². The Kier molecular flexibility index (Phi) is 7.94. The fraction of sp³-hybridized carbons (Fsp3) is 0.0980. The molecule has 9 rings (SSSR count). The van der Waals surface area contributed by atoms with Crippen molar-refractivity contribution in [1.29, 1.82) is 0 Å². The first kappa shape index (κ1) is 31.0. The summed E-state index contributed by atoms with van der Waals surface area (Å²) in [6, 6.07) is 47.6. The Bertz CT molecular complexity index is 2570. The van der Waals surface area contributed by atoms with E-state index in [9.17, 15) is 0 Å². The maximum Gasteiger partial charge on any atom is 0.0136 e. The molecule has 7 aromatic rings. The fourth-order valence-corrected chi connectivity index (χ4v) is 8.54. The fourth-order valence-electron chi connectivity index (χ4n) is 8.54. The summed E-state index contributed by atoms with van der Waals surface area (Å²) in [7, 11) is 0. The first-order valence-electron chi connectivity index (χ1n) is 18.2. The highest BCUT2D eigenvalue weighted by atomic mass is 14.4. The highest BCUT2D eigenvalue weighted by molar-refractivity contribution is 6.23. The van der Waals surface area contributed by atoms with E-state index in [-0.39, 0.29) is 0 Å². The van der Waals surface area contributed by atoms with Crippen LogP contribution in [-0.4, -0.2) is 0 Å². The Hall–Kier alpha value is -5.98. The second kappa shape index (κ2) is 13.0. The van der Waals surface area contributed by atoms with Gasteiger partial charge in [0.25, 0.3) is 0 Å². The summed E-state index contributed by atoms with van der Waals surface area (Å²) in [6.07, 6.45) is 18.3. The van der Waals surface area contributed by atoms with Gasteiger partial charge in [-0.05, 0) is 120 Å². The van der Waals surface area contributed by atoms with Crippen LogP contribution in [0.1, 0.15) is 53.5 Å². The summed E-state index contributed by atoms with van der Waals surface area (Å²) in [4.78, 5) is 0. The van der Waals surface area contributed by atoms with Crippen molar-refractivity contribution in [1.82, 2.24) is 0 Å². The number of rotatable bonds is 8. The molecule has 0 saturated heterocycles. The van der Waals surface area contributed by atoms with Crippen LogP contribution in [0.5, 0.6) is 0 Å². The van der Waals surface area contributed by atoms with Crippen molar-refractivity contribution in [3.8, 4) is 22.3 Å². The van der Waals surface area contributed by atoms with Crippen LogP contribution in [0.2, 0.25) is 0 Å². The van der Waals surface area contributed by atoms with E-state index in [1.54, 1.807) is 0 Å². The van der Waals surface area contributed by atoms with Gasteiger partial charge in [0, 0.05) is 5.92 Å². The molecule has 244 valence electrons. The third-order valence-electron chi connectivity index (χ3n) is 10.9. The van der Waals surface area contributed by atoms with Gasteiger partial charge in [0.2, 0.25) is 0 Å². The second-order valence-electron chi connectivity index (χ2n) is 13.8. The quantitative estimate of drug-likeness (QED) is 0.113. The standard InChI is InChI=1S/C51H40/c1-3-5-17-34(4-2)40-28-16-22-37(49(40)36-19-7-6-8-20-36)32-47-41-31-30-38(33-48(41)47)50-43-24-11-13-26-45(43)51(46-27-14-12-25-44(46)50)42-29-15-21-35-18-9-10-23-39(35)42/h3-7,9-19,21-31,33,47H,2,8,20,32H2,1H3/b5-3-,34-17+. The molecule has 0 bridgehead atoms. The number of hydrogen-bond donors (Lipinski definition) is 0. The average molecular weight is 653 g/mol. The molecule has 1 atom stereocenters. The molecule has 2 aliphatic rings. The first-order valence-corrected chi connectivity index (χ1v) is 18.2. The summed E-state index contributed by atoms with van der Waals surface area (Å²) in [5, 5.41) is 7.75. The van der Waals surface area contributed by atoms with Gasteiger partial charge in [-0.3, -0.25) is 0 Å². The molecule has 0 spiro atoms. The van der Waals surface area contributed by atoms with E-state index < -0.39 is 0 Å². The van der Waals surface area contributed by atoms with E-state index >= 15 is 0 Å². The Morgan fingerprint density at radius 2 is 1.37 bits per heavy atom. The second-order valence-corrected chi connectivity index (χ2v) is 13.8. The van der Waals surface area contributed by atoms with Gasteiger partial charge < -0.3 is 0 Å². The predicted octanol–water partition coefficient (Wildman–Crippen LogP) is 14.0. The molecule has 0 aromatic heterocycles. The topological polar surface area (TPSA) is 0 Å². The van der Waals surface area contributed by atoms with Crippen LogP contribution in [0.4, 0.5) is 0 Å². The number of fused-ring (bicyclic) bond motifs is 4. The lowest BCUT2D eigenvalue weighted by Crippen LogP contribution is -2.02. The third-order valence-corrected chi connectivity index (χ3v) is 10.9. The smallest absolute Gasteiger partial charge is 0.0136 e. The Balaban J connectivity index is 1.16. The lowest BCUT2D eigenvalue weighted by atomic mass is 9.84. The van der Waals surface area contributed by atoms with Crippen molar-refractivity contribution in [2.45, 2.75) is 32.1 Å². The van der Waals surface area contributed by atoms with Crippen molar-refractivity contribution < 1.29 is 0 Å². The number of benzene rings is 7. The first-order chi connectivity index (χ1) is 25.2. The minimum Gasteiger partial charge on any atom is -0.0984 e. The van der Waals surface area contributed by atoms with Gasteiger partial charge in [0.15, 0.2) is 0 Å². The van der Waals surface area contributed by atoms with Gasteiger partial charge in [0.05, 0.1) is 0 Å². The molecule has 0 N–H and O–H groups in total.